The minimum atomic E-state index is -0.253. The van der Waals surface area contributed by atoms with Gasteiger partial charge in [0.25, 0.3) is 0 Å². The van der Waals surface area contributed by atoms with Crippen molar-refractivity contribution < 1.29 is 4.79 Å². The van der Waals surface area contributed by atoms with Crippen molar-refractivity contribution in [2.24, 2.45) is 0 Å². The van der Waals surface area contributed by atoms with Crippen molar-refractivity contribution in [3.63, 3.8) is 0 Å². The third-order valence-corrected chi connectivity index (χ3v) is 6.55. The van der Waals surface area contributed by atoms with E-state index in [0.717, 1.165) is 23.3 Å². The van der Waals surface area contributed by atoms with Crippen LogP contribution in [0, 0.1) is 0 Å². The third kappa shape index (κ3) is 0.599. The van der Waals surface area contributed by atoms with Crippen LogP contribution < -0.4 is 0 Å². The zero-order valence-electron chi connectivity index (χ0n) is 5.89. The Morgan fingerprint density at radius 1 is 1.33 bits per heavy atom. The second-order valence-corrected chi connectivity index (χ2v) is 7.70. The molecule has 0 amide bonds. The summed E-state index contributed by atoms with van der Waals surface area (Å²) in [6.45, 7) is 0. The molecule has 1 nitrogen and oxygen atoms in total. The van der Waals surface area contributed by atoms with Crippen LogP contribution in [0.4, 0.5) is 0 Å². The molecule has 0 aromatic rings. The number of hydrogen-bond donors (Lipinski definition) is 0. The Balaban J connectivity index is 2.14. The Labute approximate surface area is 57.1 Å². The van der Waals surface area contributed by atoms with Crippen molar-refractivity contribution in [2.75, 3.05) is 12.5 Å². The first kappa shape index (κ1) is 5.78. The second kappa shape index (κ2) is 1.36. The van der Waals surface area contributed by atoms with Crippen LogP contribution >= 0.6 is 10.0 Å². The smallest absolute Gasteiger partial charge is 0.135 e. The van der Waals surface area contributed by atoms with Gasteiger partial charge in [-0.15, -0.1) is 0 Å². The van der Waals surface area contributed by atoms with Gasteiger partial charge in [0.2, 0.25) is 0 Å². The maximum Gasteiger partial charge on any atom is 0.135 e. The average molecular weight is 144 g/mol. The Hall–Kier alpha value is 0.0200. The van der Waals surface area contributed by atoms with Crippen molar-refractivity contribution >= 4 is 15.8 Å². The molecule has 0 unspecified atom stereocenters. The predicted octanol–water partition coefficient (Wildman–Crippen LogP) is 1.16. The van der Waals surface area contributed by atoms with Gasteiger partial charge in [-0.25, -0.2) is 10.0 Å². The Morgan fingerprint density at radius 3 is 2.11 bits per heavy atom. The Kier molecular flexibility index (Phi) is 0.876. The molecule has 1 heterocycles. The van der Waals surface area contributed by atoms with E-state index in [1.165, 1.54) is 0 Å². The molecule has 0 N–H and O–H groups in total. The molecule has 0 aromatic carbocycles. The van der Waals surface area contributed by atoms with Gasteiger partial charge in [0, 0.05) is 23.3 Å². The van der Waals surface area contributed by atoms with E-state index in [2.05, 4.69) is 12.5 Å². The fraction of sp³-hybridized carbons (Fsp3) is 0.857. The summed E-state index contributed by atoms with van der Waals surface area (Å²) >= 11 is 0. The van der Waals surface area contributed by atoms with Gasteiger partial charge in [-0.2, -0.15) is 0 Å². The molecule has 0 bridgehead atoms. The summed E-state index contributed by atoms with van der Waals surface area (Å²) in [5.74, 6) is 0.511. The first-order valence-corrected chi connectivity index (χ1v) is 5.92. The van der Waals surface area contributed by atoms with Crippen LogP contribution in [-0.4, -0.2) is 28.8 Å². The molecule has 1 saturated heterocycles. The Bertz CT molecular complexity index is 158. The summed E-state index contributed by atoms with van der Waals surface area (Å²) < 4.78 is 0. The predicted molar refractivity (Wildman–Crippen MR) is 41.3 cm³/mol. The highest BCUT2D eigenvalue weighted by Crippen LogP contribution is 2.74. The van der Waals surface area contributed by atoms with E-state index in [0.29, 0.717) is 5.78 Å². The van der Waals surface area contributed by atoms with Gasteiger partial charge in [0.1, 0.15) is 5.78 Å². The topological polar surface area (TPSA) is 17.1 Å². The van der Waals surface area contributed by atoms with Crippen LogP contribution in [0.25, 0.3) is 0 Å². The van der Waals surface area contributed by atoms with Crippen molar-refractivity contribution in [3.8, 4) is 0 Å². The zero-order chi connectivity index (χ0) is 6.65. The quantitative estimate of drug-likeness (QED) is 0.466. The van der Waals surface area contributed by atoms with Crippen molar-refractivity contribution in [3.05, 3.63) is 0 Å². The fourth-order valence-electron chi connectivity index (χ4n) is 1.90. The highest BCUT2D eigenvalue weighted by Gasteiger charge is 2.58. The van der Waals surface area contributed by atoms with Gasteiger partial charge in [-0.1, -0.05) is 0 Å². The molecular formula is C7H12OS. The molecule has 2 heteroatoms. The monoisotopic (exact) mass is 144 g/mol. The third-order valence-electron chi connectivity index (χ3n) is 2.76. The van der Waals surface area contributed by atoms with E-state index < -0.39 is 0 Å². The number of ketones is 1. The number of carbonyl (C=O) groups is 1. The van der Waals surface area contributed by atoms with Crippen LogP contribution in [0.2, 0.25) is 0 Å². The first-order chi connectivity index (χ1) is 4.12. The fourth-order valence-corrected chi connectivity index (χ4v) is 5.34. The summed E-state index contributed by atoms with van der Waals surface area (Å²) in [6, 6.07) is 0. The highest BCUT2D eigenvalue weighted by atomic mass is 32.3. The van der Waals surface area contributed by atoms with Crippen molar-refractivity contribution in [1.82, 2.24) is 0 Å². The lowest BCUT2D eigenvalue weighted by atomic mass is 10.4. The highest BCUT2D eigenvalue weighted by molar-refractivity contribution is 8.39. The van der Waals surface area contributed by atoms with E-state index in [1.807, 2.05) is 0 Å². The maximum atomic E-state index is 10.8. The summed E-state index contributed by atoms with van der Waals surface area (Å²) in [4.78, 5) is 10.8. The SMILES string of the molecule is CS1(C)[C@@H]2CC(=O)C[C@@H]21. The van der Waals surface area contributed by atoms with Gasteiger partial charge < -0.3 is 0 Å². The van der Waals surface area contributed by atoms with Gasteiger partial charge in [0.05, 0.1) is 0 Å². The minimum absolute atomic E-state index is 0.253. The molecule has 0 aromatic heterocycles. The van der Waals surface area contributed by atoms with E-state index in [9.17, 15) is 4.79 Å². The molecular weight excluding hydrogens is 132 g/mol. The molecule has 52 valence electrons. The van der Waals surface area contributed by atoms with Crippen LogP contribution in [0.3, 0.4) is 0 Å². The van der Waals surface area contributed by atoms with E-state index in [-0.39, 0.29) is 10.0 Å². The van der Waals surface area contributed by atoms with E-state index in [1.54, 1.807) is 0 Å². The molecule has 1 saturated carbocycles. The second-order valence-electron chi connectivity index (χ2n) is 3.51. The Morgan fingerprint density at radius 2 is 1.78 bits per heavy atom. The van der Waals surface area contributed by atoms with Crippen LogP contribution in [0.1, 0.15) is 12.8 Å². The lowest BCUT2D eigenvalue weighted by Gasteiger charge is -2.11. The van der Waals surface area contributed by atoms with Crippen LogP contribution in [-0.2, 0) is 4.79 Å². The normalized spacial score (nSPS) is 48.4. The molecule has 0 spiro atoms. The molecule has 2 rings (SSSR count). The lowest BCUT2D eigenvalue weighted by Crippen LogP contribution is -1.97. The largest absolute Gasteiger partial charge is 0.300 e. The van der Waals surface area contributed by atoms with Crippen LogP contribution in [0.15, 0.2) is 0 Å². The van der Waals surface area contributed by atoms with Gasteiger partial charge >= 0.3 is 0 Å². The number of Topliss-reactive ketones (excluding diaryl/α,β-unsaturated/α-hetero) is 1. The summed E-state index contributed by atoms with van der Waals surface area (Å²) in [5, 5.41) is 1.68. The summed E-state index contributed by atoms with van der Waals surface area (Å²) in [5.41, 5.74) is 0. The molecule has 2 atom stereocenters. The van der Waals surface area contributed by atoms with E-state index in [4.69, 9.17) is 0 Å². The minimum Gasteiger partial charge on any atom is -0.300 e. The molecule has 9 heavy (non-hydrogen) atoms. The average Bonchev–Trinajstić information content (AvgIpc) is 2.27. The van der Waals surface area contributed by atoms with Gasteiger partial charge in [-0.3, -0.25) is 4.79 Å². The van der Waals surface area contributed by atoms with E-state index >= 15 is 0 Å². The number of rotatable bonds is 0. The molecule has 1 aliphatic heterocycles. The van der Waals surface area contributed by atoms with Gasteiger partial charge in [-0.05, 0) is 12.5 Å². The number of hydrogen-bond acceptors (Lipinski definition) is 1. The van der Waals surface area contributed by atoms with Crippen molar-refractivity contribution in [1.29, 1.82) is 0 Å². The lowest BCUT2D eigenvalue weighted by molar-refractivity contribution is -0.117. The zero-order valence-corrected chi connectivity index (χ0v) is 6.70. The number of fused-ring (bicyclic) bond motifs is 1. The number of carbonyl (C=O) groups excluding carboxylic acids is 1. The first-order valence-electron chi connectivity index (χ1n) is 3.35. The molecule has 1 aliphatic carbocycles. The molecule has 2 aliphatic rings. The summed E-state index contributed by atoms with van der Waals surface area (Å²) in [7, 11) is -0.253. The van der Waals surface area contributed by atoms with Gasteiger partial charge in [0.15, 0.2) is 0 Å². The molecule has 2 fully saturated rings. The maximum absolute atomic E-state index is 10.8. The molecule has 0 radical (unpaired) electrons. The van der Waals surface area contributed by atoms with Crippen molar-refractivity contribution in [2.45, 2.75) is 23.3 Å². The standard InChI is InChI=1S/C7H12OS/c1-9(2)6-3-5(8)4-7(6)9/h6-7H,3-4H2,1-2H3/t6-,7+. The summed E-state index contributed by atoms with van der Waals surface area (Å²) in [6.07, 6.45) is 6.53. The van der Waals surface area contributed by atoms with Crippen LogP contribution in [0.5, 0.6) is 0 Å².